The van der Waals surface area contributed by atoms with Gasteiger partial charge in [-0.25, -0.2) is 0 Å². The van der Waals surface area contributed by atoms with Crippen LogP contribution in [0, 0.1) is 11.8 Å². The molecule has 2 bridgehead atoms. The van der Waals surface area contributed by atoms with Gasteiger partial charge in [0.2, 0.25) is 17.7 Å². The third-order valence-electron chi connectivity index (χ3n) is 7.24. The lowest BCUT2D eigenvalue weighted by atomic mass is 9.65. The third kappa shape index (κ3) is 3.40. The van der Waals surface area contributed by atoms with Crippen LogP contribution >= 0.6 is 0 Å². The van der Waals surface area contributed by atoms with Crippen molar-refractivity contribution in [3.8, 4) is 0 Å². The fourth-order valence-corrected chi connectivity index (χ4v) is 6.00. The van der Waals surface area contributed by atoms with Crippen molar-refractivity contribution in [3.63, 3.8) is 0 Å². The number of para-hydroxylation sites is 1. The average molecular weight is 444 g/mol. The molecule has 3 heterocycles. The highest BCUT2D eigenvalue weighted by molar-refractivity contribution is 6.02. The largest absolute Gasteiger partial charge is 0.396 e. The fourth-order valence-electron chi connectivity index (χ4n) is 6.00. The number of rotatable bonds is 8. The Morgan fingerprint density at radius 3 is 2.56 bits per heavy atom. The molecule has 3 aliphatic heterocycles. The second-order valence-electron chi connectivity index (χ2n) is 9.46. The molecule has 0 aromatic heterocycles. The molecule has 1 aromatic rings. The standard InChI is InChI=1S/C24H33N3O5/c1-4-23-11-12-24(32-23)18(17(23)20(29)26-16-9-6-5-7-10-16)22(31)27(13-8-14-28)19(24)21(30)25-15(2)3/h5-7,9-10,15,17-19,28H,4,8,11-14H2,1-3H3,(H,25,30)(H,26,29)/t17-,18-,19?,23+,24?/m0/s1. The van der Waals surface area contributed by atoms with Crippen molar-refractivity contribution in [2.45, 2.75) is 69.7 Å². The van der Waals surface area contributed by atoms with Crippen LogP contribution in [0.25, 0.3) is 0 Å². The first-order valence-corrected chi connectivity index (χ1v) is 11.6. The first-order chi connectivity index (χ1) is 15.3. The predicted octanol–water partition coefficient (Wildman–Crippen LogP) is 1.69. The van der Waals surface area contributed by atoms with E-state index >= 15 is 0 Å². The molecule has 1 aromatic carbocycles. The number of benzene rings is 1. The van der Waals surface area contributed by atoms with E-state index in [9.17, 15) is 19.5 Å². The van der Waals surface area contributed by atoms with Crippen LogP contribution in [0.1, 0.15) is 46.5 Å². The Bertz CT molecular complexity index is 891. The number of aliphatic hydroxyl groups is 1. The molecule has 3 fully saturated rings. The normalized spacial score (nSPS) is 33.0. The van der Waals surface area contributed by atoms with E-state index in [1.54, 1.807) is 0 Å². The third-order valence-corrected chi connectivity index (χ3v) is 7.24. The minimum Gasteiger partial charge on any atom is -0.396 e. The lowest BCUT2D eigenvalue weighted by molar-refractivity contribution is -0.146. The van der Waals surface area contributed by atoms with Gasteiger partial charge in [0, 0.05) is 24.9 Å². The predicted molar refractivity (Wildman–Crippen MR) is 119 cm³/mol. The van der Waals surface area contributed by atoms with E-state index in [1.165, 1.54) is 4.90 Å². The Hall–Kier alpha value is -2.45. The van der Waals surface area contributed by atoms with Crippen molar-refractivity contribution in [3.05, 3.63) is 30.3 Å². The fraction of sp³-hybridized carbons (Fsp3) is 0.625. The van der Waals surface area contributed by atoms with Crippen LogP contribution in [-0.4, -0.2) is 64.2 Å². The van der Waals surface area contributed by atoms with E-state index in [4.69, 9.17) is 4.74 Å². The van der Waals surface area contributed by atoms with Gasteiger partial charge in [0.15, 0.2) is 0 Å². The summed E-state index contributed by atoms with van der Waals surface area (Å²) < 4.78 is 6.64. The van der Waals surface area contributed by atoms with E-state index in [1.807, 2.05) is 51.1 Å². The molecule has 4 rings (SSSR count). The van der Waals surface area contributed by atoms with Gasteiger partial charge < -0.3 is 25.4 Å². The molecule has 3 aliphatic rings. The van der Waals surface area contributed by atoms with E-state index in [0.717, 1.165) is 0 Å². The van der Waals surface area contributed by atoms with Crippen LogP contribution in [0.5, 0.6) is 0 Å². The maximum absolute atomic E-state index is 13.7. The van der Waals surface area contributed by atoms with E-state index < -0.39 is 29.1 Å². The van der Waals surface area contributed by atoms with Gasteiger partial charge in [0.25, 0.3) is 0 Å². The second-order valence-corrected chi connectivity index (χ2v) is 9.46. The molecule has 174 valence electrons. The molecular weight excluding hydrogens is 410 g/mol. The molecular formula is C24H33N3O5. The van der Waals surface area contributed by atoms with E-state index in [-0.39, 0.29) is 36.9 Å². The molecule has 8 heteroatoms. The van der Waals surface area contributed by atoms with Gasteiger partial charge in [-0.3, -0.25) is 14.4 Å². The number of fused-ring (bicyclic) bond motifs is 1. The summed E-state index contributed by atoms with van der Waals surface area (Å²) in [6.07, 6.45) is 2.12. The summed E-state index contributed by atoms with van der Waals surface area (Å²) in [6.45, 7) is 5.88. The minimum absolute atomic E-state index is 0.0857. The number of likely N-dealkylation sites (tertiary alicyclic amines) is 1. The van der Waals surface area contributed by atoms with Crippen LogP contribution < -0.4 is 10.6 Å². The van der Waals surface area contributed by atoms with Gasteiger partial charge >= 0.3 is 0 Å². The number of anilines is 1. The second kappa shape index (κ2) is 8.48. The molecule has 32 heavy (non-hydrogen) atoms. The van der Waals surface area contributed by atoms with Crippen LogP contribution in [0.4, 0.5) is 5.69 Å². The number of aliphatic hydroxyl groups excluding tert-OH is 1. The molecule has 3 saturated heterocycles. The van der Waals surface area contributed by atoms with Gasteiger partial charge in [0.05, 0.1) is 17.4 Å². The van der Waals surface area contributed by atoms with Gasteiger partial charge in [0.1, 0.15) is 11.6 Å². The molecule has 1 spiro atoms. The van der Waals surface area contributed by atoms with Crippen LogP contribution in [0.2, 0.25) is 0 Å². The number of ether oxygens (including phenoxy) is 1. The van der Waals surface area contributed by atoms with Crippen molar-refractivity contribution in [2.75, 3.05) is 18.5 Å². The van der Waals surface area contributed by atoms with Gasteiger partial charge in [-0.2, -0.15) is 0 Å². The highest BCUT2D eigenvalue weighted by atomic mass is 16.5. The molecule has 2 unspecified atom stereocenters. The summed E-state index contributed by atoms with van der Waals surface area (Å²) >= 11 is 0. The lowest BCUT2D eigenvalue weighted by Gasteiger charge is -2.34. The Kier molecular flexibility index (Phi) is 6.02. The first kappa shape index (κ1) is 22.7. The Balaban J connectivity index is 1.73. The van der Waals surface area contributed by atoms with E-state index in [0.29, 0.717) is 31.4 Å². The van der Waals surface area contributed by atoms with Crippen molar-refractivity contribution in [1.82, 2.24) is 10.2 Å². The zero-order chi connectivity index (χ0) is 23.1. The average Bonchev–Trinajstić information content (AvgIpc) is 3.36. The maximum Gasteiger partial charge on any atom is 0.246 e. The summed E-state index contributed by atoms with van der Waals surface area (Å²) in [5.41, 5.74) is -1.13. The van der Waals surface area contributed by atoms with Crippen LogP contribution in [0.3, 0.4) is 0 Å². The van der Waals surface area contributed by atoms with Crippen molar-refractivity contribution in [1.29, 1.82) is 0 Å². The SMILES string of the molecule is CC[C@]12CCC3(O1)C(C(=O)NC(C)C)N(CCCO)C(=O)[C@@H]3[C@H]2C(=O)Nc1ccccc1. The maximum atomic E-state index is 13.7. The van der Waals surface area contributed by atoms with Crippen LogP contribution in [-0.2, 0) is 19.1 Å². The number of nitrogens with zero attached hydrogens (tertiary/aromatic N) is 1. The topological polar surface area (TPSA) is 108 Å². The summed E-state index contributed by atoms with van der Waals surface area (Å²) in [6, 6.07) is 8.27. The Morgan fingerprint density at radius 2 is 1.94 bits per heavy atom. The molecule has 0 radical (unpaired) electrons. The highest BCUT2D eigenvalue weighted by Gasteiger charge is 2.78. The summed E-state index contributed by atoms with van der Waals surface area (Å²) in [4.78, 5) is 42.1. The van der Waals surface area contributed by atoms with Crippen molar-refractivity contribution < 1.29 is 24.2 Å². The number of carbonyl (C=O) groups excluding carboxylic acids is 3. The number of nitrogens with one attached hydrogen (secondary N) is 2. The first-order valence-electron chi connectivity index (χ1n) is 11.6. The number of amides is 3. The highest BCUT2D eigenvalue weighted by Crippen LogP contribution is 2.64. The van der Waals surface area contributed by atoms with Crippen molar-refractivity contribution >= 4 is 23.4 Å². The Morgan fingerprint density at radius 1 is 1.22 bits per heavy atom. The van der Waals surface area contributed by atoms with Crippen molar-refractivity contribution in [2.24, 2.45) is 11.8 Å². The van der Waals surface area contributed by atoms with Crippen LogP contribution in [0.15, 0.2) is 30.3 Å². The number of hydrogen-bond donors (Lipinski definition) is 3. The molecule has 8 nitrogen and oxygen atoms in total. The number of hydrogen-bond acceptors (Lipinski definition) is 5. The summed E-state index contributed by atoms with van der Waals surface area (Å²) in [7, 11) is 0. The molecule has 3 N–H and O–H groups in total. The van der Waals surface area contributed by atoms with E-state index in [2.05, 4.69) is 10.6 Å². The summed E-state index contributed by atoms with van der Waals surface area (Å²) in [5, 5.41) is 15.3. The molecule has 0 aliphatic carbocycles. The Labute approximate surface area is 188 Å². The molecule has 0 saturated carbocycles. The molecule has 3 amide bonds. The summed E-state index contributed by atoms with van der Waals surface area (Å²) in [5.74, 6) is -2.13. The van der Waals surface area contributed by atoms with Gasteiger partial charge in [-0.1, -0.05) is 25.1 Å². The lowest BCUT2D eigenvalue weighted by Crippen LogP contribution is -2.56. The zero-order valence-electron chi connectivity index (χ0n) is 19.0. The monoisotopic (exact) mass is 443 g/mol. The minimum atomic E-state index is -1.03. The van der Waals surface area contributed by atoms with Gasteiger partial charge in [-0.05, 0) is 51.7 Å². The molecule has 5 atom stereocenters. The number of carbonyl (C=O) groups is 3. The quantitative estimate of drug-likeness (QED) is 0.567. The smallest absolute Gasteiger partial charge is 0.246 e. The van der Waals surface area contributed by atoms with Gasteiger partial charge in [-0.15, -0.1) is 0 Å². The zero-order valence-corrected chi connectivity index (χ0v) is 19.0.